The molecule has 0 bridgehead atoms. The van der Waals surface area contributed by atoms with Gasteiger partial charge in [0.2, 0.25) is 11.8 Å². The van der Waals surface area contributed by atoms with Crippen molar-refractivity contribution in [3.63, 3.8) is 0 Å². The van der Waals surface area contributed by atoms with Crippen molar-refractivity contribution in [2.75, 3.05) is 5.32 Å². The number of rotatable bonds is 6. The van der Waals surface area contributed by atoms with Gasteiger partial charge >= 0.3 is 0 Å². The molecule has 0 aromatic carbocycles. The third-order valence-electron chi connectivity index (χ3n) is 2.67. The minimum atomic E-state index is -0.454. The van der Waals surface area contributed by atoms with Crippen molar-refractivity contribution in [3.8, 4) is 0 Å². The second-order valence-corrected chi connectivity index (χ2v) is 4.77. The summed E-state index contributed by atoms with van der Waals surface area (Å²) in [4.78, 5) is 27.5. The van der Waals surface area contributed by atoms with Crippen molar-refractivity contribution >= 4 is 17.5 Å². The molecule has 5 heteroatoms. The molecule has 19 heavy (non-hydrogen) atoms. The van der Waals surface area contributed by atoms with Crippen LogP contribution in [0, 0.1) is 5.92 Å². The van der Waals surface area contributed by atoms with Gasteiger partial charge in [0.1, 0.15) is 6.04 Å². The Kier molecular flexibility index (Phi) is 5.99. The monoisotopic (exact) mass is 263 g/mol. The SMILES string of the molecule is CCCC(=O)NC(=O)[C@@H](Nc1cccnc1)C(C)C. The molecule has 1 atom stereocenters. The topological polar surface area (TPSA) is 71.1 Å². The molecule has 0 saturated heterocycles. The van der Waals surface area contributed by atoms with E-state index in [0.717, 1.165) is 12.1 Å². The highest BCUT2D eigenvalue weighted by atomic mass is 16.2. The minimum Gasteiger partial charge on any atom is -0.372 e. The predicted octanol–water partition coefficient (Wildman–Crippen LogP) is 1.96. The zero-order valence-electron chi connectivity index (χ0n) is 11.6. The molecule has 1 heterocycles. The Balaban J connectivity index is 2.67. The molecule has 2 N–H and O–H groups in total. The van der Waals surface area contributed by atoms with Crippen molar-refractivity contribution in [1.82, 2.24) is 10.3 Å². The molecule has 0 spiro atoms. The van der Waals surface area contributed by atoms with Gasteiger partial charge in [-0.15, -0.1) is 0 Å². The average Bonchev–Trinajstić information content (AvgIpc) is 2.36. The van der Waals surface area contributed by atoms with Gasteiger partial charge in [0.25, 0.3) is 0 Å². The zero-order valence-corrected chi connectivity index (χ0v) is 11.6. The summed E-state index contributed by atoms with van der Waals surface area (Å²) in [5.74, 6) is -0.460. The van der Waals surface area contributed by atoms with E-state index in [1.165, 1.54) is 0 Å². The van der Waals surface area contributed by atoms with E-state index in [4.69, 9.17) is 0 Å². The predicted molar refractivity (Wildman–Crippen MR) is 74.5 cm³/mol. The summed E-state index contributed by atoms with van der Waals surface area (Å²) in [5, 5.41) is 5.52. The Morgan fingerprint density at radius 1 is 1.37 bits per heavy atom. The normalized spacial score (nSPS) is 12.0. The maximum Gasteiger partial charge on any atom is 0.249 e. The molecule has 5 nitrogen and oxygen atoms in total. The van der Waals surface area contributed by atoms with E-state index in [-0.39, 0.29) is 17.7 Å². The highest BCUT2D eigenvalue weighted by molar-refractivity contribution is 5.98. The first-order valence-corrected chi connectivity index (χ1v) is 6.54. The van der Waals surface area contributed by atoms with Crippen LogP contribution in [0.15, 0.2) is 24.5 Å². The fourth-order valence-corrected chi connectivity index (χ4v) is 1.67. The lowest BCUT2D eigenvalue weighted by Crippen LogP contribution is -2.45. The van der Waals surface area contributed by atoms with Crippen LogP contribution in [0.5, 0.6) is 0 Å². The van der Waals surface area contributed by atoms with Crippen molar-refractivity contribution in [2.45, 2.75) is 39.7 Å². The Hall–Kier alpha value is -1.91. The van der Waals surface area contributed by atoms with Crippen molar-refractivity contribution in [3.05, 3.63) is 24.5 Å². The van der Waals surface area contributed by atoms with Crippen LogP contribution in [-0.2, 0) is 9.59 Å². The lowest BCUT2D eigenvalue weighted by Gasteiger charge is -2.22. The van der Waals surface area contributed by atoms with Gasteiger partial charge in [-0.05, 0) is 24.5 Å². The van der Waals surface area contributed by atoms with Crippen LogP contribution < -0.4 is 10.6 Å². The fourth-order valence-electron chi connectivity index (χ4n) is 1.67. The smallest absolute Gasteiger partial charge is 0.249 e. The molecule has 0 fully saturated rings. The third kappa shape index (κ3) is 5.07. The fraction of sp³-hybridized carbons (Fsp3) is 0.500. The number of pyridine rings is 1. The van der Waals surface area contributed by atoms with E-state index in [1.54, 1.807) is 18.5 Å². The number of hydrogen-bond acceptors (Lipinski definition) is 4. The summed E-state index contributed by atoms with van der Waals surface area (Å²) in [6, 6.07) is 3.17. The lowest BCUT2D eigenvalue weighted by atomic mass is 10.0. The molecule has 2 amide bonds. The summed E-state index contributed by atoms with van der Waals surface area (Å²) in [6.07, 6.45) is 4.40. The van der Waals surface area contributed by atoms with Crippen molar-refractivity contribution < 1.29 is 9.59 Å². The van der Waals surface area contributed by atoms with Gasteiger partial charge in [-0.3, -0.25) is 19.9 Å². The number of nitrogens with zero attached hydrogens (tertiary/aromatic N) is 1. The van der Waals surface area contributed by atoms with E-state index in [1.807, 2.05) is 26.8 Å². The first-order valence-electron chi connectivity index (χ1n) is 6.54. The van der Waals surface area contributed by atoms with Crippen LogP contribution in [0.4, 0.5) is 5.69 Å². The highest BCUT2D eigenvalue weighted by Crippen LogP contribution is 2.11. The number of aromatic nitrogens is 1. The number of amides is 2. The van der Waals surface area contributed by atoms with Crippen LogP contribution in [-0.4, -0.2) is 22.8 Å². The van der Waals surface area contributed by atoms with Gasteiger partial charge < -0.3 is 5.32 Å². The summed E-state index contributed by atoms with van der Waals surface area (Å²) in [5.41, 5.74) is 0.763. The maximum absolute atomic E-state index is 12.1. The van der Waals surface area contributed by atoms with Gasteiger partial charge in [-0.25, -0.2) is 0 Å². The number of carbonyl (C=O) groups is 2. The van der Waals surface area contributed by atoms with Gasteiger partial charge in [0, 0.05) is 18.8 Å². The standard InChI is InChI=1S/C14H21N3O2/c1-4-6-12(18)17-14(19)13(10(2)3)16-11-7-5-8-15-9-11/h5,7-10,13,16H,4,6H2,1-3H3,(H,17,18,19)/t13-/m0/s1. The lowest BCUT2D eigenvalue weighted by molar-refractivity contribution is -0.131. The van der Waals surface area contributed by atoms with Crippen molar-refractivity contribution in [2.24, 2.45) is 5.92 Å². The molecular weight excluding hydrogens is 242 g/mol. The largest absolute Gasteiger partial charge is 0.372 e. The Morgan fingerprint density at radius 2 is 2.11 bits per heavy atom. The highest BCUT2D eigenvalue weighted by Gasteiger charge is 2.23. The molecule has 0 aliphatic carbocycles. The minimum absolute atomic E-state index is 0.0645. The summed E-state index contributed by atoms with van der Waals surface area (Å²) in [6.45, 7) is 5.76. The quantitative estimate of drug-likeness (QED) is 0.823. The molecule has 1 aromatic rings. The number of imide groups is 1. The summed E-state index contributed by atoms with van der Waals surface area (Å²) >= 11 is 0. The second-order valence-electron chi connectivity index (χ2n) is 4.77. The number of nitrogens with one attached hydrogen (secondary N) is 2. The Labute approximate surface area is 113 Å². The first-order chi connectivity index (χ1) is 9.04. The average molecular weight is 263 g/mol. The number of hydrogen-bond donors (Lipinski definition) is 2. The maximum atomic E-state index is 12.1. The number of anilines is 1. The van der Waals surface area contributed by atoms with Gasteiger partial charge in [-0.1, -0.05) is 20.8 Å². The first kappa shape index (κ1) is 15.1. The summed E-state index contributed by atoms with van der Waals surface area (Å²) < 4.78 is 0. The molecule has 104 valence electrons. The third-order valence-corrected chi connectivity index (χ3v) is 2.67. The van der Waals surface area contributed by atoms with E-state index in [0.29, 0.717) is 6.42 Å². The van der Waals surface area contributed by atoms with Crippen LogP contribution in [0.1, 0.15) is 33.6 Å². The van der Waals surface area contributed by atoms with Gasteiger partial charge in [0.05, 0.1) is 5.69 Å². The molecule has 1 aromatic heterocycles. The van der Waals surface area contributed by atoms with E-state index in [9.17, 15) is 9.59 Å². The van der Waals surface area contributed by atoms with Crippen LogP contribution in [0.25, 0.3) is 0 Å². The van der Waals surface area contributed by atoms with E-state index in [2.05, 4.69) is 15.6 Å². The molecule has 0 unspecified atom stereocenters. The van der Waals surface area contributed by atoms with Gasteiger partial charge in [-0.2, -0.15) is 0 Å². The Morgan fingerprint density at radius 3 is 2.63 bits per heavy atom. The zero-order chi connectivity index (χ0) is 14.3. The van der Waals surface area contributed by atoms with Crippen LogP contribution in [0.3, 0.4) is 0 Å². The Bertz CT molecular complexity index is 418. The molecule has 0 aliphatic rings. The van der Waals surface area contributed by atoms with Crippen LogP contribution in [0.2, 0.25) is 0 Å². The molecule has 0 saturated carbocycles. The molecule has 0 aliphatic heterocycles. The van der Waals surface area contributed by atoms with Crippen molar-refractivity contribution in [1.29, 1.82) is 0 Å². The summed E-state index contributed by atoms with van der Waals surface area (Å²) in [7, 11) is 0. The van der Waals surface area contributed by atoms with E-state index < -0.39 is 6.04 Å². The molecule has 0 radical (unpaired) electrons. The number of carbonyl (C=O) groups excluding carboxylic acids is 2. The molecular formula is C14H21N3O2. The van der Waals surface area contributed by atoms with E-state index >= 15 is 0 Å². The second kappa shape index (κ2) is 7.51. The van der Waals surface area contributed by atoms with Gasteiger partial charge in [0.15, 0.2) is 0 Å². The van der Waals surface area contributed by atoms with Crippen LogP contribution >= 0.6 is 0 Å². The molecule has 1 rings (SSSR count).